The van der Waals surface area contributed by atoms with Gasteiger partial charge in [-0.1, -0.05) is 23.7 Å². The van der Waals surface area contributed by atoms with Crippen molar-refractivity contribution in [1.82, 2.24) is 4.90 Å². The van der Waals surface area contributed by atoms with Crippen LogP contribution in [0.5, 0.6) is 0 Å². The first-order valence-electron chi connectivity index (χ1n) is 7.02. The zero-order valence-corrected chi connectivity index (χ0v) is 13.6. The Morgan fingerprint density at radius 1 is 1.29 bits per heavy atom. The molecule has 0 saturated carbocycles. The molecular weight excluding hydrogens is 337 g/mol. The van der Waals surface area contributed by atoms with Crippen LogP contribution in [0, 0.1) is 15.9 Å². The number of benzene rings is 2. The van der Waals surface area contributed by atoms with Crippen LogP contribution in [0.1, 0.15) is 5.56 Å². The molecule has 0 aliphatic heterocycles. The number of nitrogens with one attached hydrogen (secondary N) is 1. The molecule has 8 heteroatoms. The Morgan fingerprint density at radius 2 is 1.96 bits per heavy atom. The predicted molar refractivity (Wildman–Crippen MR) is 89.5 cm³/mol. The first kappa shape index (κ1) is 17.8. The second-order valence-electron chi connectivity index (χ2n) is 5.27. The fourth-order valence-corrected chi connectivity index (χ4v) is 2.33. The fraction of sp³-hybridized carbons (Fsp3) is 0.188. The molecule has 6 nitrogen and oxygen atoms in total. The van der Waals surface area contributed by atoms with Gasteiger partial charge in [-0.15, -0.1) is 0 Å². The molecule has 1 N–H and O–H groups in total. The summed E-state index contributed by atoms with van der Waals surface area (Å²) in [4.78, 5) is 23.9. The molecule has 1 amide bonds. The SMILES string of the molecule is CN(CC(=O)Nc1ccc([N+](=O)[O-])cc1Cl)Cc1ccc(F)cc1. The van der Waals surface area contributed by atoms with Gasteiger partial charge in [-0.05, 0) is 30.8 Å². The molecule has 2 aromatic rings. The third-order valence-corrected chi connectivity index (χ3v) is 3.53. The monoisotopic (exact) mass is 351 g/mol. The van der Waals surface area contributed by atoms with E-state index in [4.69, 9.17) is 11.6 Å². The molecule has 24 heavy (non-hydrogen) atoms. The summed E-state index contributed by atoms with van der Waals surface area (Å²) < 4.78 is 12.9. The maximum absolute atomic E-state index is 12.9. The summed E-state index contributed by atoms with van der Waals surface area (Å²) in [6.07, 6.45) is 0. The van der Waals surface area contributed by atoms with E-state index in [-0.39, 0.29) is 29.0 Å². The standard InChI is InChI=1S/C16H15ClFN3O3/c1-20(9-11-2-4-12(18)5-3-11)10-16(22)19-15-7-6-13(21(23)24)8-14(15)17/h2-8H,9-10H2,1H3,(H,19,22). The van der Waals surface area contributed by atoms with Crippen LogP contribution in [0.15, 0.2) is 42.5 Å². The van der Waals surface area contributed by atoms with E-state index in [2.05, 4.69) is 5.32 Å². The van der Waals surface area contributed by atoms with Gasteiger partial charge in [-0.2, -0.15) is 0 Å². The van der Waals surface area contributed by atoms with Crippen LogP contribution in [-0.4, -0.2) is 29.3 Å². The van der Waals surface area contributed by atoms with Gasteiger partial charge in [0.15, 0.2) is 0 Å². The van der Waals surface area contributed by atoms with Crippen LogP contribution in [0.3, 0.4) is 0 Å². The number of anilines is 1. The highest BCUT2D eigenvalue weighted by Crippen LogP contribution is 2.26. The van der Waals surface area contributed by atoms with Crippen LogP contribution in [0.4, 0.5) is 15.8 Å². The Morgan fingerprint density at radius 3 is 2.54 bits per heavy atom. The van der Waals surface area contributed by atoms with E-state index < -0.39 is 4.92 Å². The summed E-state index contributed by atoms with van der Waals surface area (Å²) in [6.45, 7) is 0.562. The van der Waals surface area contributed by atoms with Crippen LogP contribution in [-0.2, 0) is 11.3 Å². The maximum Gasteiger partial charge on any atom is 0.271 e. The van der Waals surface area contributed by atoms with Gasteiger partial charge in [0, 0.05) is 18.7 Å². The number of hydrogen-bond donors (Lipinski definition) is 1. The van der Waals surface area contributed by atoms with Gasteiger partial charge >= 0.3 is 0 Å². The summed E-state index contributed by atoms with van der Waals surface area (Å²) in [5, 5.41) is 13.4. The lowest BCUT2D eigenvalue weighted by atomic mass is 10.2. The molecule has 126 valence electrons. The molecule has 0 spiro atoms. The van der Waals surface area contributed by atoms with E-state index in [9.17, 15) is 19.3 Å². The molecule has 0 atom stereocenters. The van der Waals surface area contributed by atoms with Gasteiger partial charge in [-0.3, -0.25) is 19.8 Å². The lowest BCUT2D eigenvalue weighted by Gasteiger charge is -2.16. The molecule has 0 radical (unpaired) electrons. The number of carbonyl (C=O) groups excluding carboxylic acids is 1. The largest absolute Gasteiger partial charge is 0.324 e. The highest BCUT2D eigenvalue weighted by molar-refractivity contribution is 6.34. The molecule has 0 aliphatic carbocycles. The van der Waals surface area contributed by atoms with Gasteiger partial charge in [0.05, 0.1) is 22.2 Å². The summed E-state index contributed by atoms with van der Waals surface area (Å²) in [7, 11) is 1.75. The molecule has 0 aliphatic rings. The number of carbonyl (C=O) groups is 1. The van der Waals surface area contributed by atoms with Crippen LogP contribution in [0.2, 0.25) is 5.02 Å². The average Bonchev–Trinajstić information content (AvgIpc) is 2.51. The Kier molecular flexibility index (Phi) is 5.83. The number of nitro benzene ring substituents is 1. The second kappa shape index (κ2) is 7.85. The number of hydrogen-bond acceptors (Lipinski definition) is 4. The van der Waals surface area contributed by atoms with E-state index in [1.807, 2.05) is 0 Å². The molecule has 2 aromatic carbocycles. The number of halogens is 2. The Labute approximate surface area is 143 Å². The quantitative estimate of drug-likeness (QED) is 0.638. The molecule has 0 aromatic heterocycles. The summed E-state index contributed by atoms with van der Waals surface area (Å²) in [6, 6.07) is 9.86. The maximum atomic E-state index is 12.9. The van der Waals surface area contributed by atoms with Crippen molar-refractivity contribution in [2.75, 3.05) is 18.9 Å². The van der Waals surface area contributed by atoms with E-state index in [0.29, 0.717) is 12.2 Å². The van der Waals surface area contributed by atoms with Crippen molar-refractivity contribution < 1.29 is 14.1 Å². The number of nitro groups is 1. The van der Waals surface area contributed by atoms with E-state index >= 15 is 0 Å². The number of non-ortho nitro benzene ring substituents is 1. The van der Waals surface area contributed by atoms with E-state index in [0.717, 1.165) is 5.56 Å². The van der Waals surface area contributed by atoms with Gasteiger partial charge in [0.25, 0.3) is 5.69 Å². The minimum Gasteiger partial charge on any atom is -0.324 e. The zero-order valence-electron chi connectivity index (χ0n) is 12.8. The molecule has 0 heterocycles. The summed E-state index contributed by atoms with van der Waals surface area (Å²) >= 11 is 5.93. The molecule has 0 saturated heterocycles. The van der Waals surface area contributed by atoms with Crippen molar-refractivity contribution in [2.24, 2.45) is 0 Å². The van der Waals surface area contributed by atoms with Crippen molar-refractivity contribution in [3.05, 3.63) is 69.0 Å². The van der Waals surface area contributed by atoms with Crippen molar-refractivity contribution in [3.63, 3.8) is 0 Å². The summed E-state index contributed by atoms with van der Waals surface area (Å²) in [5.74, 6) is -0.623. The lowest BCUT2D eigenvalue weighted by Crippen LogP contribution is -2.29. The van der Waals surface area contributed by atoms with E-state index in [1.165, 1.54) is 30.3 Å². The first-order valence-corrected chi connectivity index (χ1v) is 7.39. The van der Waals surface area contributed by atoms with Crippen molar-refractivity contribution >= 4 is 28.9 Å². The number of amides is 1. The van der Waals surface area contributed by atoms with Gasteiger partial charge < -0.3 is 5.32 Å². The summed E-state index contributed by atoms with van der Waals surface area (Å²) in [5.41, 5.74) is 1.04. The minimum absolute atomic E-state index is 0.0880. The van der Waals surface area contributed by atoms with Crippen molar-refractivity contribution in [3.8, 4) is 0 Å². The second-order valence-corrected chi connectivity index (χ2v) is 5.68. The molecule has 0 unspecified atom stereocenters. The predicted octanol–water partition coefficient (Wildman–Crippen LogP) is 3.46. The molecule has 2 rings (SSSR count). The Balaban J connectivity index is 1.92. The highest BCUT2D eigenvalue weighted by Gasteiger charge is 2.13. The third kappa shape index (κ3) is 5.00. The Bertz CT molecular complexity index is 753. The van der Waals surface area contributed by atoms with Crippen LogP contribution in [0.25, 0.3) is 0 Å². The molecule has 0 fully saturated rings. The van der Waals surface area contributed by atoms with Crippen molar-refractivity contribution in [1.29, 1.82) is 0 Å². The topological polar surface area (TPSA) is 75.5 Å². The van der Waals surface area contributed by atoms with Crippen LogP contribution < -0.4 is 5.32 Å². The average molecular weight is 352 g/mol. The zero-order chi connectivity index (χ0) is 17.7. The number of rotatable bonds is 6. The highest BCUT2D eigenvalue weighted by atomic mass is 35.5. The number of nitrogens with zero attached hydrogens (tertiary/aromatic N) is 2. The van der Waals surface area contributed by atoms with Gasteiger partial charge in [0.1, 0.15) is 5.82 Å². The lowest BCUT2D eigenvalue weighted by molar-refractivity contribution is -0.384. The van der Waals surface area contributed by atoms with Gasteiger partial charge in [-0.25, -0.2) is 4.39 Å². The van der Waals surface area contributed by atoms with E-state index in [1.54, 1.807) is 24.1 Å². The smallest absolute Gasteiger partial charge is 0.271 e. The fourth-order valence-electron chi connectivity index (χ4n) is 2.11. The minimum atomic E-state index is -0.562. The van der Waals surface area contributed by atoms with Crippen molar-refractivity contribution in [2.45, 2.75) is 6.54 Å². The third-order valence-electron chi connectivity index (χ3n) is 3.22. The Hall–Kier alpha value is -2.51. The van der Waals surface area contributed by atoms with Gasteiger partial charge in [0.2, 0.25) is 5.91 Å². The molecular formula is C16H15ClFN3O3. The van der Waals surface area contributed by atoms with Crippen LogP contribution >= 0.6 is 11.6 Å². The number of likely N-dealkylation sites (N-methyl/N-ethyl adjacent to an activating group) is 1. The normalized spacial score (nSPS) is 10.7. The first-order chi connectivity index (χ1) is 11.3. The molecule has 0 bridgehead atoms.